The number of aliphatic hydroxyl groups is 1. The predicted octanol–water partition coefficient (Wildman–Crippen LogP) is 4.01. The summed E-state index contributed by atoms with van der Waals surface area (Å²) in [5, 5.41) is 10.1. The molecule has 1 unspecified atom stereocenters. The van der Waals surface area contributed by atoms with E-state index in [9.17, 15) is 13.9 Å². The molecule has 1 N–H and O–H groups in total. The summed E-state index contributed by atoms with van der Waals surface area (Å²) in [7, 11) is 1.55. The molecule has 0 aliphatic heterocycles. The minimum Gasteiger partial charge on any atom is -0.497 e. The Hall–Kier alpha value is -1.46. The van der Waals surface area contributed by atoms with Crippen LogP contribution in [0.4, 0.5) is 8.78 Å². The van der Waals surface area contributed by atoms with Crippen LogP contribution >= 0.6 is 15.9 Å². The van der Waals surface area contributed by atoms with Crippen LogP contribution in [0, 0.1) is 11.6 Å². The summed E-state index contributed by atoms with van der Waals surface area (Å²) in [6.45, 7) is 0. The van der Waals surface area contributed by atoms with Gasteiger partial charge in [0.05, 0.1) is 13.2 Å². The fourth-order valence-electron chi connectivity index (χ4n) is 1.88. The highest BCUT2D eigenvalue weighted by molar-refractivity contribution is 9.10. The molecule has 2 rings (SSSR count). The highest BCUT2D eigenvalue weighted by Gasteiger charge is 2.14. The van der Waals surface area contributed by atoms with Gasteiger partial charge in [-0.3, -0.25) is 0 Å². The molecule has 5 heteroatoms. The van der Waals surface area contributed by atoms with Crippen LogP contribution in [0.3, 0.4) is 0 Å². The van der Waals surface area contributed by atoms with E-state index in [1.807, 2.05) is 6.07 Å². The van der Waals surface area contributed by atoms with Gasteiger partial charge in [-0.1, -0.05) is 22.0 Å². The third-order valence-corrected chi connectivity index (χ3v) is 3.77. The van der Waals surface area contributed by atoms with E-state index in [1.54, 1.807) is 19.2 Å². The molecular weight excluding hydrogens is 330 g/mol. The van der Waals surface area contributed by atoms with Gasteiger partial charge in [-0.25, -0.2) is 8.78 Å². The number of ether oxygens (including phenoxy) is 1. The van der Waals surface area contributed by atoms with Crippen molar-refractivity contribution in [2.24, 2.45) is 0 Å². The third-order valence-electron chi connectivity index (χ3n) is 2.99. The Morgan fingerprint density at radius 2 is 1.90 bits per heavy atom. The van der Waals surface area contributed by atoms with Crippen LogP contribution in [0.25, 0.3) is 0 Å². The Labute approximate surface area is 124 Å². The molecule has 0 aromatic heterocycles. The standard InChI is InChI=1S/C15H13BrF2O2/c1-20-11-3-4-12(16)10(6-11)8-15(19)9-2-5-13(17)14(18)7-9/h2-7,15,19H,8H2,1H3. The lowest BCUT2D eigenvalue weighted by atomic mass is 10.0. The number of methoxy groups -OCH3 is 1. The van der Waals surface area contributed by atoms with Crippen molar-refractivity contribution in [2.75, 3.05) is 7.11 Å². The average molecular weight is 343 g/mol. The molecule has 1 atom stereocenters. The van der Waals surface area contributed by atoms with Crippen LogP contribution in [0.15, 0.2) is 40.9 Å². The molecule has 0 fully saturated rings. The molecular formula is C15H13BrF2O2. The molecule has 0 bridgehead atoms. The number of rotatable bonds is 4. The molecule has 20 heavy (non-hydrogen) atoms. The molecule has 0 spiro atoms. The van der Waals surface area contributed by atoms with E-state index < -0.39 is 17.7 Å². The maximum absolute atomic E-state index is 13.2. The first-order valence-corrected chi connectivity index (χ1v) is 6.76. The highest BCUT2D eigenvalue weighted by Crippen LogP contribution is 2.27. The molecule has 2 nitrogen and oxygen atoms in total. The summed E-state index contributed by atoms with van der Waals surface area (Å²) in [6, 6.07) is 8.77. The Kier molecular flexibility index (Phi) is 4.73. The van der Waals surface area contributed by atoms with Gasteiger partial charge in [0.2, 0.25) is 0 Å². The Balaban J connectivity index is 2.22. The van der Waals surface area contributed by atoms with Crippen molar-refractivity contribution in [1.29, 1.82) is 0 Å². The molecule has 0 aliphatic carbocycles. The lowest BCUT2D eigenvalue weighted by molar-refractivity contribution is 0.177. The van der Waals surface area contributed by atoms with Crippen molar-refractivity contribution in [1.82, 2.24) is 0 Å². The van der Waals surface area contributed by atoms with Crippen molar-refractivity contribution >= 4 is 15.9 Å². The fourth-order valence-corrected chi connectivity index (χ4v) is 2.29. The molecule has 0 radical (unpaired) electrons. The van der Waals surface area contributed by atoms with Crippen LogP contribution in [0.1, 0.15) is 17.2 Å². The van der Waals surface area contributed by atoms with Gasteiger partial charge >= 0.3 is 0 Å². The van der Waals surface area contributed by atoms with Gasteiger partial charge < -0.3 is 9.84 Å². The second-order valence-corrected chi connectivity index (χ2v) is 5.21. The molecule has 2 aromatic rings. The first-order chi connectivity index (χ1) is 9.51. The molecule has 0 saturated carbocycles. The van der Waals surface area contributed by atoms with E-state index in [1.165, 1.54) is 6.07 Å². The lowest BCUT2D eigenvalue weighted by Crippen LogP contribution is -2.04. The largest absolute Gasteiger partial charge is 0.497 e. The maximum atomic E-state index is 13.2. The molecule has 0 saturated heterocycles. The molecule has 0 amide bonds. The van der Waals surface area contributed by atoms with Crippen molar-refractivity contribution in [3.05, 3.63) is 63.6 Å². The van der Waals surface area contributed by atoms with Crippen molar-refractivity contribution < 1.29 is 18.6 Å². The van der Waals surface area contributed by atoms with Crippen LogP contribution in [-0.2, 0) is 6.42 Å². The minimum absolute atomic E-state index is 0.267. The Bertz CT molecular complexity index is 617. The summed E-state index contributed by atoms with van der Waals surface area (Å²) in [4.78, 5) is 0. The third kappa shape index (κ3) is 3.35. The number of aliphatic hydroxyl groups excluding tert-OH is 1. The second-order valence-electron chi connectivity index (χ2n) is 4.35. The van der Waals surface area contributed by atoms with E-state index in [2.05, 4.69) is 15.9 Å². The normalized spacial score (nSPS) is 12.2. The maximum Gasteiger partial charge on any atom is 0.159 e. The fraction of sp³-hybridized carbons (Fsp3) is 0.200. The smallest absolute Gasteiger partial charge is 0.159 e. The highest BCUT2D eigenvalue weighted by atomic mass is 79.9. The van der Waals surface area contributed by atoms with Crippen LogP contribution < -0.4 is 4.74 Å². The van der Waals surface area contributed by atoms with Crippen molar-refractivity contribution in [3.8, 4) is 5.75 Å². The first kappa shape index (κ1) is 14.9. The number of benzene rings is 2. The Morgan fingerprint density at radius 3 is 2.55 bits per heavy atom. The quantitative estimate of drug-likeness (QED) is 0.909. The predicted molar refractivity (Wildman–Crippen MR) is 75.7 cm³/mol. The monoisotopic (exact) mass is 342 g/mol. The van der Waals surface area contributed by atoms with Gasteiger partial charge in [-0.05, 0) is 41.5 Å². The van der Waals surface area contributed by atoms with Gasteiger partial charge in [-0.15, -0.1) is 0 Å². The topological polar surface area (TPSA) is 29.5 Å². The molecule has 2 aromatic carbocycles. The number of hydrogen-bond acceptors (Lipinski definition) is 2. The van der Waals surface area contributed by atoms with Gasteiger partial charge in [0, 0.05) is 10.9 Å². The molecule has 0 heterocycles. The number of hydrogen-bond donors (Lipinski definition) is 1. The lowest BCUT2D eigenvalue weighted by Gasteiger charge is -2.13. The summed E-state index contributed by atoms with van der Waals surface area (Å²) >= 11 is 3.39. The van der Waals surface area contributed by atoms with E-state index in [0.717, 1.165) is 22.2 Å². The second kappa shape index (κ2) is 6.33. The van der Waals surface area contributed by atoms with Gasteiger partial charge in [0.15, 0.2) is 11.6 Å². The molecule has 0 aliphatic rings. The zero-order valence-electron chi connectivity index (χ0n) is 10.7. The minimum atomic E-state index is -0.966. The summed E-state index contributed by atoms with van der Waals surface area (Å²) < 4.78 is 32.0. The summed E-state index contributed by atoms with van der Waals surface area (Å²) in [6.07, 6.45) is -0.656. The summed E-state index contributed by atoms with van der Waals surface area (Å²) in [5.74, 6) is -1.23. The average Bonchev–Trinajstić information content (AvgIpc) is 2.44. The van der Waals surface area contributed by atoms with Gasteiger partial charge in [0.1, 0.15) is 5.75 Å². The zero-order chi connectivity index (χ0) is 14.7. The van der Waals surface area contributed by atoms with Crippen LogP contribution in [0.2, 0.25) is 0 Å². The van der Waals surface area contributed by atoms with E-state index >= 15 is 0 Å². The van der Waals surface area contributed by atoms with Crippen molar-refractivity contribution in [2.45, 2.75) is 12.5 Å². The SMILES string of the molecule is COc1ccc(Br)c(CC(O)c2ccc(F)c(F)c2)c1. The van der Waals surface area contributed by atoms with E-state index in [-0.39, 0.29) is 6.42 Å². The summed E-state index contributed by atoms with van der Waals surface area (Å²) in [5.41, 5.74) is 1.15. The van der Waals surface area contributed by atoms with Crippen LogP contribution in [0.5, 0.6) is 5.75 Å². The Morgan fingerprint density at radius 1 is 1.15 bits per heavy atom. The van der Waals surface area contributed by atoms with Crippen molar-refractivity contribution in [3.63, 3.8) is 0 Å². The van der Waals surface area contributed by atoms with E-state index in [4.69, 9.17) is 4.74 Å². The zero-order valence-corrected chi connectivity index (χ0v) is 12.3. The van der Waals surface area contributed by atoms with Gasteiger partial charge in [-0.2, -0.15) is 0 Å². The molecule has 106 valence electrons. The first-order valence-electron chi connectivity index (χ1n) is 5.96. The van der Waals surface area contributed by atoms with E-state index in [0.29, 0.717) is 11.3 Å². The number of halogens is 3. The van der Waals surface area contributed by atoms with Gasteiger partial charge in [0.25, 0.3) is 0 Å². The van der Waals surface area contributed by atoms with Crippen LogP contribution in [-0.4, -0.2) is 12.2 Å².